The summed E-state index contributed by atoms with van der Waals surface area (Å²) in [5.74, 6) is -0.145. The second-order valence-electron chi connectivity index (χ2n) is 8.59. The number of carbonyl (C=O) groups is 2. The minimum Gasteiger partial charge on any atom is -0.465 e. The zero-order chi connectivity index (χ0) is 27.7. The van der Waals surface area contributed by atoms with E-state index in [0.717, 1.165) is 0 Å². The third-order valence-corrected chi connectivity index (χ3v) is 7.44. The highest BCUT2D eigenvalue weighted by Crippen LogP contribution is 2.31. The molecule has 0 radical (unpaired) electrons. The Bertz CT molecular complexity index is 1800. The van der Waals surface area contributed by atoms with Gasteiger partial charge in [-0.1, -0.05) is 53.3 Å². The minimum atomic E-state index is -0.737. The summed E-state index contributed by atoms with van der Waals surface area (Å²) in [5.41, 5.74) is 2.07. The van der Waals surface area contributed by atoms with E-state index in [9.17, 15) is 14.4 Å². The van der Waals surface area contributed by atoms with E-state index < -0.39 is 18.0 Å². The molecule has 0 fully saturated rings. The number of benzene rings is 2. The van der Waals surface area contributed by atoms with E-state index in [2.05, 4.69) is 4.99 Å². The molecule has 5 rings (SSSR count). The lowest BCUT2D eigenvalue weighted by atomic mass is 9.96. The first kappa shape index (κ1) is 26.4. The van der Waals surface area contributed by atoms with Crippen molar-refractivity contribution in [1.82, 2.24) is 4.57 Å². The normalized spacial score (nSPS) is 15.1. The molecule has 0 spiro atoms. The van der Waals surface area contributed by atoms with Crippen LogP contribution in [0.1, 0.15) is 41.6 Å². The average Bonchev–Trinajstić information content (AvgIpc) is 3.52. The van der Waals surface area contributed by atoms with Crippen LogP contribution in [0.5, 0.6) is 0 Å². The summed E-state index contributed by atoms with van der Waals surface area (Å²) in [6, 6.07) is 16.6. The van der Waals surface area contributed by atoms with Crippen LogP contribution in [0.15, 0.2) is 86.1 Å². The minimum absolute atomic E-state index is 0.188. The maximum atomic E-state index is 13.7. The number of allylic oxidation sites excluding steroid dienone is 1. The number of rotatable bonds is 6. The molecule has 8 nitrogen and oxygen atoms in total. The van der Waals surface area contributed by atoms with E-state index in [1.807, 2.05) is 0 Å². The van der Waals surface area contributed by atoms with Gasteiger partial charge >= 0.3 is 11.9 Å². The van der Waals surface area contributed by atoms with Gasteiger partial charge < -0.3 is 13.9 Å². The van der Waals surface area contributed by atoms with E-state index in [0.29, 0.717) is 48.3 Å². The van der Waals surface area contributed by atoms with Gasteiger partial charge in [-0.05, 0) is 49.7 Å². The van der Waals surface area contributed by atoms with Crippen molar-refractivity contribution < 1.29 is 23.5 Å². The van der Waals surface area contributed by atoms with Crippen molar-refractivity contribution in [2.45, 2.75) is 19.9 Å². The first-order valence-corrected chi connectivity index (χ1v) is 13.2. The van der Waals surface area contributed by atoms with Gasteiger partial charge in [0.1, 0.15) is 11.5 Å². The number of hydrogen-bond donors (Lipinski definition) is 0. The zero-order valence-corrected chi connectivity index (χ0v) is 22.8. The number of halogens is 1. The van der Waals surface area contributed by atoms with Crippen molar-refractivity contribution in [3.63, 3.8) is 0 Å². The Kier molecular flexibility index (Phi) is 7.36. The second-order valence-corrected chi connectivity index (χ2v) is 10.0. The predicted octanol–water partition coefficient (Wildman–Crippen LogP) is 4.50. The Morgan fingerprint density at radius 1 is 1.10 bits per heavy atom. The van der Waals surface area contributed by atoms with Crippen LogP contribution < -0.4 is 14.9 Å². The summed E-state index contributed by atoms with van der Waals surface area (Å²) in [6.07, 6.45) is 1.62. The fourth-order valence-corrected chi connectivity index (χ4v) is 5.59. The molecule has 39 heavy (non-hydrogen) atoms. The van der Waals surface area contributed by atoms with Crippen molar-refractivity contribution in [2.24, 2.45) is 4.99 Å². The van der Waals surface area contributed by atoms with Crippen molar-refractivity contribution in [1.29, 1.82) is 0 Å². The fourth-order valence-electron chi connectivity index (χ4n) is 4.44. The van der Waals surface area contributed by atoms with Crippen LogP contribution in [0.3, 0.4) is 0 Å². The molecule has 0 bridgehead atoms. The molecule has 3 heterocycles. The second kappa shape index (κ2) is 10.9. The molecular formula is C29H23ClN2O6S. The Balaban J connectivity index is 1.62. The SMILES string of the molecule is CCOC(=O)C1=C(C)N=c2s/c(=C/c3ccc(-c4ccccc4C(=O)OC)o3)c(=O)n2[C@H]1c1ccc(Cl)cc1. The molecule has 1 aliphatic rings. The van der Waals surface area contributed by atoms with Crippen LogP contribution >= 0.6 is 22.9 Å². The summed E-state index contributed by atoms with van der Waals surface area (Å²) in [6.45, 7) is 3.64. The molecule has 0 N–H and O–H groups in total. The van der Waals surface area contributed by atoms with Gasteiger partial charge in [-0.2, -0.15) is 0 Å². The smallest absolute Gasteiger partial charge is 0.338 e. The number of ether oxygens (including phenoxy) is 2. The largest absolute Gasteiger partial charge is 0.465 e. The topological polar surface area (TPSA) is 100 Å². The zero-order valence-electron chi connectivity index (χ0n) is 21.3. The summed E-state index contributed by atoms with van der Waals surface area (Å²) in [4.78, 5) is 43.9. The molecule has 2 aromatic carbocycles. The summed E-state index contributed by atoms with van der Waals surface area (Å²) < 4.78 is 18.1. The Labute approximate surface area is 232 Å². The van der Waals surface area contributed by atoms with Crippen LogP contribution in [-0.2, 0) is 14.3 Å². The molecule has 0 aliphatic carbocycles. The van der Waals surface area contributed by atoms with E-state index >= 15 is 0 Å². The highest BCUT2D eigenvalue weighted by molar-refractivity contribution is 7.07. The molecule has 1 aliphatic heterocycles. The van der Waals surface area contributed by atoms with Gasteiger partial charge in [0.2, 0.25) is 0 Å². The maximum Gasteiger partial charge on any atom is 0.338 e. The number of hydrogen-bond acceptors (Lipinski definition) is 8. The van der Waals surface area contributed by atoms with Gasteiger partial charge in [0.25, 0.3) is 5.56 Å². The first-order chi connectivity index (χ1) is 18.8. The lowest BCUT2D eigenvalue weighted by Gasteiger charge is -2.24. The maximum absolute atomic E-state index is 13.7. The number of fused-ring (bicyclic) bond motifs is 1. The predicted molar refractivity (Wildman–Crippen MR) is 147 cm³/mol. The highest BCUT2D eigenvalue weighted by Gasteiger charge is 2.33. The lowest BCUT2D eigenvalue weighted by Crippen LogP contribution is -2.39. The van der Waals surface area contributed by atoms with E-state index in [4.69, 9.17) is 25.5 Å². The molecule has 0 saturated carbocycles. The van der Waals surface area contributed by atoms with Gasteiger partial charge in [-0.15, -0.1) is 0 Å². The molecule has 4 aromatic rings. The molecule has 0 unspecified atom stereocenters. The molecule has 198 valence electrons. The molecule has 10 heteroatoms. The fraction of sp³-hybridized carbons (Fsp3) is 0.172. The summed E-state index contributed by atoms with van der Waals surface area (Å²) in [7, 11) is 1.32. The van der Waals surface area contributed by atoms with Gasteiger partial charge in [-0.25, -0.2) is 14.6 Å². The van der Waals surface area contributed by atoms with Crippen molar-refractivity contribution in [2.75, 3.05) is 13.7 Å². The number of aromatic nitrogens is 1. The van der Waals surface area contributed by atoms with Gasteiger partial charge in [0.05, 0.1) is 41.1 Å². The van der Waals surface area contributed by atoms with Crippen LogP contribution in [0.4, 0.5) is 0 Å². The van der Waals surface area contributed by atoms with Crippen LogP contribution in [-0.4, -0.2) is 30.2 Å². The van der Waals surface area contributed by atoms with Gasteiger partial charge in [0, 0.05) is 16.7 Å². The van der Waals surface area contributed by atoms with E-state index in [1.165, 1.54) is 23.0 Å². The first-order valence-electron chi connectivity index (χ1n) is 12.0. The number of esters is 2. The van der Waals surface area contributed by atoms with Crippen molar-refractivity contribution >= 4 is 41.0 Å². The Morgan fingerprint density at radius 2 is 1.85 bits per heavy atom. The third kappa shape index (κ3) is 4.98. The van der Waals surface area contributed by atoms with E-state index in [1.54, 1.807) is 80.6 Å². The molecule has 0 saturated heterocycles. The van der Waals surface area contributed by atoms with Crippen LogP contribution in [0, 0.1) is 0 Å². The third-order valence-electron chi connectivity index (χ3n) is 6.20. The summed E-state index contributed by atoms with van der Waals surface area (Å²) in [5, 5.41) is 0.534. The molecule has 2 aromatic heterocycles. The standard InChI is InChI=1S/C29H23ClN2O6S/c1-4-37-28(35)24-16(2)31-29-32(25(24)17-9-11-18(30)12-10-17)26(33)23(39-29)15-19-13-14-22(38-19)20-7-5-6-8-21(20)27(34)36-3/h5-15,25H,4H2,1-3H3/b23-15+/t25-/m0/s1. The number of nitrogens with zero attached hydrogens (tertiary/aromatic N) is 2. The monoisotopic (exact) mass is 562 g/mol. The molecular weight excluding hydrogens is 540 g/mol. The number of methoxy groups -OCH3 is 1. The molecule has 1 atom stereocenters. The number of furan rings is 1. The lowest BCUT2D eigenvalue weighted by molar-refractivity contribution is -0.139. The Hall–Kier alpha value is -4.21. The average molecular weight is 563 g/mol. The molecule has 0 amide bonds. The van der Waals surface area contributed by atoms with Crippen molar-refractivity contribution in [3.05, 3.63) is 114 Å². The van der Waals surface area contributed by atoms with Gasteiger partial charge in [0.15, 0.2) is 4.80 Å². The summed E-state index contributed by atoms with van der Waals surface area (Å²) >= 11 is 7.29. The van der Waals surface area contributed by atoms with E-state index in [-0.39, 0.29) is 17.7 Å². The Morgan fingerprint density at radius 3 is 2.56 bits per heavy atom. The van der Waals surface area contributed by atoms with Crippen molar-refractivity contribution in [3.8, 4) is 11.3 Å². The van der Waals surface area contributed by atoms with Gasteiger partial charge in [-0.3, -0.25) is 9.36 Å². The quantitative estimate of drug-likeness (QED) is 0.321. The highest BCUT2D eigenvalue weighted by atomic mass is 35.5. The number of carbonyl (C=O) groups excluding carboxylic acids is 2. The van der Waals surface area contributed by atoms with Crippen LogP contribution in [0.2, 0.25) is 5.02 Å². The van der Waals surface area contributed by atoms with Crippen LogP contribution in [0.25, 0.3) is 17.4 Å². The number of thiazole rings is 1.